The molecule has 0 radical (unpaired) electrons. The van der Waals surface area contributed by atoms with Gasteiger partial charge in [0, 0.05) is 15.7 Å². The molecule has 32 heavy (non-hydrogen) atoms. The van der Waals surface area contributed by atoms with Gasteiger partial charge in [-0.2, -0.15) is 0 Å². The van der Waals surface area contributed by atoms with E-state index < -0.39 is 0 Å². The molecule has 5 nitrogen and oxygen atoms in total. The van der Waals surface area contributed by atoms with Crippen molar-refractivity contribution in [2.75, 3.05) is 11.1 Å². The normalized spacial score (nSPS) is 10.8. The number of ketones is 1. The standard InChI is InChI=1S/C25H23BrN4OS/c1-17-7-13-21(14-8-17)27-15-24-28-29-25(30(24)22-6-4-3-5-18(22)2)32-16-23(31)19-9-11-20(26)12-10-19/h3-14,27H,15-16H2,1-2H3. The van der Waals surface area contributed by atoms with Crippen LogP contribution in [0.2, 0.25) is 0 Å². The Morgan fingerprint density at radius 2 is 1.69 bits per heavy atom. The maximum absolute atomic E-state index is 12.7. The maximum Gasteiger partial charge on any atom is 0.196 e. The molecule has 0 fully saturated rings. The highest BCUT2D eigenvalue weighted by molar-refractivity contribution is 9.10. The van der Waals surface area contributed by atoms with E-state index in [1.54, 1.807) is 0 Å². The minimum absolute atomic E-state index is 0.0566. The van der Waals surface area contributed by atoms with E-state index in [4.69, 9.17) is 0 Å². The zero-order chi connectivity index (χ0) is 22.5. The van der Waals surface area contributed by atoms with Gasteiger partial charge in [-0.3, -0.25) is 9.36 Å². The first-order chi connectivity index (χ1) is 15.5. The van der Waals surface area contributed by atoms with Crippen LogP contribution in [0.4, 0.5) is 5.69 Å². The molecule has 0 aliphatic carbocycles. The molecule has 3 aromatic carbocycles. The number of rotatable bonds is 8. The number of anilines is 1. The van der Waals surface area contributed by atoms with Crippen molar-refractivity contribution in [3.05, 3.63) is 99.8 Å². The molecule has 0 saturated carbocycles. The van der Waals surface area contributed by atoms with Crippen LogP contribution < -0.4 is 5.32 Å². The second kappa shape index (κ2) is 10.1. The molecule has 0 amide bonds. The van der Waals surface area contributed by atoms with Crippen LogP contribution in [-0.2, 0) is 6.54 Å². The molecule has 0 bridgehead atoms. The molecule has 0 aliphatic rings. The number of aryl methyl sites for hydroxylation is 2. The van der Waals surface area contributed by atoms with E-state index in [1.807, 2.05) is 41.0 Å². The monoisotopic (exact) mass is 506 g/mol. The maximum atomic E-state index is 12.7. The second-order valence-electron chi connectivity index (χ2n) is 7.46. The van der Waals surface area contributed by atoms with E-state index in [0.29, 0.717) is 17.3 Å². The third kappa shape index (κ3) is 5.29. The summed E-state index contributed by atoms with van der Waals surface area (Å²) in [5.74, 6) is 1.14. The fourth-order valence-electron chi connectivity index (χ4n) is 3.27. The number of nitrogens with zero attached hydrogens (tertiary/aromatic N) is 3. The molecule has 162 valence electrons. The molecular formula is C25H23BrN4OS. The quantitative estimate of drug-likeness (QED) is 0.226. The van der Waals surface area contributed by atoms with Gasteiger partial charge in [0.15, 0.2) is 16.8 Å². The zero-order valence-corrected chi connectivity index (χ0v) is 20.3. The molecule has 4 aromatic rings. The van der Waals surface area contributed by atoms with E-state index in [2.05, 4.69) is 81.7 Å². The Bertz CT molecular complexity index is 1220. The molecule has 0 spiro atoms. The molecule has 0 unspecified atom stereocenters. The summed E-state index contributed by atoms with van der Waals surface area (Å²) in [6.07, 6.45) is 0. The molecule has 4 rings (SSSR count). The highest BCUT2D eigenvalue weighted by atomic mass is 79.9. The fourth-order valence-corrected chi connectivity index (χ4v) is 4.39. The molecule has 0 aliphatic heterocycles. The summed E-state index contributed by atoms with van der Waals surface area (Å²) in [5.41, 5.74) is 5.05. The first-order valence-corrected chi connectivity index (χ1v) is 12.0. The van der Waals surface area contributed by atoms with Gasteiger partial charge in [-0.05, 0) is 49.7 Å². The molecule has 0 saturated heterocycles. The van der Waals surface area contributed by atoms with Gasteiger partial charge in [0.25, 0.3) is 0 Å². The Morgan fingerprint density at radius 1 is 0.969 bits per heavy atom. The van der Waals surface area contributed by atoms with Crippen LogP contribution in [0.5, 0.6) is 0 Å². The van der Waals surface area contributed by atoms with E-state index in [-0.39, 0.29) is 11.5 Å². The number of thioether (sulfide) groups is 1. The molecule has 1 N–H and O–H groups in total. The number of nitrogens with one attached hydrogen (secondary N) is 1. The number of halogens is 1. The summed E-state index contributed by atoms with van der Waals surface area (Å²) in [6, 6.07) is 23.8. The van der Waals surface area contributed by atoms with Gasteiger partial charge in [0.1, 0.15) is 0 Å². The van der Waals surface area contributed by atoms with Gasteiger partial charge in [0.05, 0.1) is 18.0 Å². The van der Waals surface area contributed by atoms with E-state index in [0.717, 1.165) is 27.2 Å². The molecular weight excluding hydrogens is 484 g/mol. The first kappa shape index (κ1) is 22.3. The van der Waals surface area contributed by atoms with Gasteiger partial charge in [0.2, 0.25) is 0 Å². The van der Waals surface area contributed by atoms with E-state index in [1.165, 1.54) is 17.3 Å². The van der Waals surface area contributed by atoms with Crippen molar-refractivity contribution < 1.29 is 4.79 Å². The summed E-state index contributed by atoms with van der Waals surface area (Å²) >= 11 is 4.81. The number of carbonyl (C=O) groups is 1. The Hall–Kier alpha value is -2.90. The lowest BCUT2D eigenvalue weighted by molar-refractivity contribution is 0.102. The lowest BCUT2D eigenvalue weighted by atomic mass is 10.2. The molecule has 0 atom stereocenters. The van der Waals surface area contributed by atoms with E-state index in [9.17, 15) is 4.79 Å². The predicted molar refractivity (Wildman–Crippen MR) is 134 cm³/mol. The van der Waals surface area contributed by atoms with Crippen LogP contribution in [0.3, 0.4) is 0 Å². The molecule has 7 heteroatoms. The van der Waals surface area contributed by atoms with Crippen molar-refractivity contribution >= 4 is 39.2 Å². The number of Topliss-reactive ketones (excluding diaryl/α,β-unsaturated/α-hetero) is 1. The van der Waals surface area contributed by atoms with Gasteiger partial charge < -0.3 is 5.32 Å². The summed E-state index contributed by atoms with van der Waals surface area (Å²) in [5, 5.41) is 13.0. The highest BCUT2D eigenvalue weighted by Crippen LogP contribution is 2.26. The lowest BCUT2D eigenvalue weighted by Gasteiger charge is -2.13. The van der Waals surface area contributed by atoms with Crippen LogP contribution >= 0.6 is 27.7 Å². The first-order valence-electron chi connectivity index (χ1n) is 10.2. The smallest absolute Gasteiger partial charge is 0.196 e. The minimum atomic E-state index is 0.0566. The Balaban J connectivity index is 1.57. The molecule has 1 aromatic heterocycles. The van der Waals surface area contributed by atoms with Gasteiger partial charge >= 0.3 is 0 Å². The summed E-state index contributed by atoms with van der Waals surface area (Å²) < 4.78 is 2.99. The lowest BCUT2D eigenvalue weighted by Crippen LogP contribution is -2.10. The van der Waals surface area contributed by atoms with Crippen molar-refractivity contribution in [1.82, 2.24) is 14.8 Å². The number of para-hydroxylation sites is 1. The van der Waals surface area contributed by atoms with Gasteiger partial charge in [-0.15, -0.1) is 10.2 Å². The Labute approximate surface area is 200 Å². The SMILES string of the molecule is Cc1ccc(NCc2nnc(SCC(=O)c3ccc(Br)cc3)n2-c2ccccc2C)cc1. The van der Waals surface area contributed by atoms with Crippen LogP contribution in [0.15, 0.2) is 82.4 Å². The summed E-state index contributed by atoms with van der Waals surface area (Å²) in [6.45, 7) is 4.65. The van der Waals surface area contributed by atoms with Crippen LogP contribution in [0, 0.1) is 13.8 Å². The van der Waals surface area contributed by atoms with E-state index >= 15 is 0 Å². The van der Waals surface area contributed by atoms with Crippen molar-refractivity contribution in [1.29, 1.82) is 0 Å². The third-order valence-corrected chi connectivity index (χ3v) is 6.52. The fraction of sp³-hybridized carbons (Fsp3) is 0.160. The number of hydrogen-bond acceptors (Lipinski definition) is 5. The summed E-state index contributed by atoms with van der Waals surface area (Å²) in [7, 11) is 0. The van der Waals surface area contributed by atoms with Crippen molar-refractivity contribution in [2.45, 2.75) is 25.5 Å². The van der Waals surface area contributed by atoms with Crippen LogP contribution in [-0.4, -0.2) is 26.3 Å². The average Bonchev–Trinajstić information content (AvgIpc) is 3.20. The van der Waals surface area contributed by atoms with Crippen molar-refractivity contribution in [3.63, 3.8) is 0 Å². The zero-order valence-electron chi connectivity index (χ0n) is 17.9. The number of carbonyl (C=O) groups excluding carboxylic acids is 1. The summed E-state index contributed by atoms with van der Waals surface area (Å²) in [4.78, 5) is 12.7. The number of aromatic nitrogens is 3. The van der Waals surface area contributed by atoms with Gasteiger partial charge in [-0.1, -0.05) is 75.7 Å². The predicted octanol–water partition coefficient (Wildman–Crippen LogP) is 6.23. The number of hydrogen-bond donors (Lipinski definition) is 1. The largest absolute Gasteiger partial charge is 0.378 e. The average molecular weight is 507 g/mol. The van der Waals surface area contributed by atoms with Crippen LogP contribution in [0.1, 0.15) is 27.3 Å². The number of benzene rings is 3. The Kier molecular flexibility index (Phi) is 7.07. The molecule has 1 heterocycles. The minimum Gasteiger partial charge on any atom is -0.378 e. The third-order valence-electron chi connectivity index (χ3n) is 5.06. The Morgan fingerprint density at radius 3 is 2.41 bits per heavy atom. The van der Waals surface area contributed by atoms with Crippen molar-refractivity contribution in [3.8, 4) is 5.69 Å². The topological polar surface area (TPSA) is 59.8 Å². The van der Waals surface area contributed by atoms with Crippen LogP contribution in [0.25, 0.3) is 5.69 Å². The van der Waals surface area contributed by atoms with Crippen molar-refractivity contribution in [2.24, 2.45) is 0 Å². The highest BCUT2D eigenvalue weighted by Gasteiger charge is 2.17. The van der Waals surface area contributed by atoms with Gasteiger partial charge in [-0.25, -0.2) is 0 Å². The second-order valence-corrected chi connectivity index (χ2v) is 9.32.